The van der Waals surface area contributed by atoms with Crippen molar-refractivity contribution in [2.24, 2.45) is 4.99 Å². The lowest BCUT2D eigenvalue weighted by molar-refractivity contribution is 0.415. The first kappa shape index (κ1) is 18.1. The van der Waals surface area contributed by atoms with Crippen molar-refractivity contribution in [1.82, 2.24) is 4.98 Å². The number of rotatable bonds is 3. The first-order chi connectivity index (χ1) is 13.1. The van der Waals surface area contributed by atoms with Crippen molar-refractivity contribution in [3.05, 3.63) is 64.3 Å². The van der Waals surface area contributed by atoms with Gasteiger partial charge in [-0.15, -0.1) is 11.3 Å². The number of aromatic nitrogens is 1. The normalized spacial score (nSPS) is 13.7. The molecule has 0 atom stereocenters. The molecule has 1 heterocycles. The fourth-order valence-electron chi connectivity index (χ4n) is 3.12. The van der Waals surface area contributed by atoms with Crippen LogP contribution in [0.2, 0.25) is 0 Å². The minimum absolute atomic E-state index is 0.0264. The smallest absolute Gasteiger partial charge is 0.165 e. The molecule has 3 nitrogen and oxygen atoms in total. The van der Waals surface area contributed by atoms with Gasteiger partial charge in [-0.25, -0.2) is 18.8 Å². The lowest BCUT2D eigenvalue weighted by atomic mass is 10.0. The quantitative estimate of drug-likeness (QED) is 0.509. The first-order valence-electron chi connectivity index (χ1n) is 8.42. The number of aliphatic imine (C=N–C) groups is 1. The SMILES string of the molecule is COc1ccc2c(c1)-c1sc(C(Cl)=Nc3c(F)cccc3F)nc1CCC2. The number of ether oxygens (including phenoxy) is 1. The third-order valence-corrected chi connectivity index (χ3v) is 5.96. The van der Waals surface area contributed by atoms with Crippen molar-refractivity contribution in [1.29, 1.82) is 0 Å². The second-order valence-corrected chi connectivity index (χ2v) is 7.50. The van der Waals surface area contributed by atoms with Crippen LogP contribution in [-0.4, -0.2) is 17.3 Å². The van der Waals surface area contributed by atoms with Gasteiger partial charge in [0.25, 0.3) is 0 Å². The lowest BCUT2D eigenvalue weighted by Gasteiger charge is -2.07. The number of nitrogens with zero attached hydrogens (tertiary/aromatic N) is 2. The fourth-order valence-corrected chi connectivity index (χ4v) is 4.41. The number of thiazole rings is 1. The molecular weight excluding hydrogens is 390 g/mol. The maximum Gasteiger partial charge on any atom is 0.165 e. The molecule has 0 fully saturated rings. The third-order valence-electron chi connectivity index (χ3n) is 4.44. The molecule has 0 aliphatic heterocycles. The maximum absolute atomic E-state index is 13.9. The highest BCUT2D eigenvalue weighted by molar-refractivity contribution is 7.18. The van der Waals surface area contributed by atoms with E-state index in [1.807, 2.05) is 12.1 Å². The van der Waals surface area contributed by atoms with Gasteiger partial charge in [-0.1, -0.05) is 23.7 Å². The molecule has 1 aromatic heterocycles. The van der Waals surface area contributed by atoms with Crippen LogP contribution in [0.5, 0.6) is 5.75 Å². The van der Waals surface area contributed by atoms with Gasteiger partial charge in [0.15, 0.2) is 21.8 Å². The molecule has 0 saturated heterocycles. The Morgan fingerprint density at radius 1 is 1.19 bits per heavy atom. The summed E-state index contributed by atoms with van der Waals surface area (Å²) in [6, 6.07) is 9.57. The molecule has 0 radical (unpaired) electrons. The molecule has 0 spiro atoms. The van der Waals surface area contributed by atoms with E-state index in [2.05, 4.69) is 16.0 Å². The molecule has 0 bridgehead atoms. The van der Waals surface area contributed by atoms with Gasteiger partial charge < -0.3 is 4.74 Å². The largest absolute Gasteiger partial charge is 0.497 e. The first-order valence-corrected chi connectivity index (χ1v) is 9.62. The van der Waals surface area contributed by atoms with E-state index in [1.165, 1.54) is 23.0 Å². The Bertz CT molecular complexity index is 1030. The van der Waals surface area contributed by atoms with E-state index >= 15 is 0 Å². The number of aryl methyl sites for hydroxylation is 2. The highest BCUT2D eigenvalue weighted by Crippen LogP contribution is 2.39. The highest BCUT2D eigenvalue weighted by atomic mass is 35.5. The van der Waals surface area contributed by atoms with Crippen molar-refractivity contribution >= 4 is 33.8 Å². The zero-order valence-corrected chi connectivity index (χ0v) is 16.0. The number of hydrogen-bond donors (Lipinski definition) is 0. The number of halogens is 3. The second kappa shape index (κ2) is 7.37. The van der Waals surface area contributed by atoms with E-state index in [0.29, 0.717) is 5.01 Å². The number of hydrogen-bond acceptors (Lipinski definition) is 4. The van der Waals surface area contributed by atoms with E-state index in [0.717, 1.165) is 53.3 Å². The van der Waals surface area contributed by atoms with Crippen LogP contribution in [0.15, 0.2) is 41.4 Å². The van der Waals surface area contributed by atoms with E-state index in [9.17, 15) is 8.78 Å². The number of para-hydroxylation sites is 1. The average Bonchev–Trinajstić information content (AvgIpc) is 3.02. The summed E-state index contributed by atoms with van der Waals surface area (Å²) in [6.45, 7) is 0. The third kappa shape index (κ3) is 3.47. The minimum atomic E-state index is -0.763. The highest BCUT2D eigenvalue weighted by Gasteiger charge is 2.22. The monoisotopic (exact) mass is 404 g/mol. The number of methoxy groups -OCH3 is 1. The summed E-state index contributed by atoms with van der Waals surface area (Å²) in [5, 5.41) is 0.418. The molecule has 4 rings (SSSR count). The Morgan fingerprint density at radius 2 is 1.96 bits per heavy atom. The summed E-state index contributed by atoms with van der Waals surface area (Å²) in [5.41, 5.74) is 2.80. The van der Waals surface area contributed by atoms with Crippen LogP contribution in [0.4, 0.5) is 14.5 Å². The number of fused-ring (bicyclic) bond motifs is 3. The molecular formula is C20H15ClF2N2OS. The van der Waals surface area contributed by atoms with Crippen LogP contribution in [0.25, 0.3) is 10.4 Å². The van der Waals surface area contributed by atoms with Gasteiger partial charge >= 0.3 is 0 Å². The molecule has 27 heavy (non-hydrogen) atoms. The standard InChI is InChI=1S/C20H15ClF2N2OS/c1-26-12-9-8-11-4-2-7-16-18(13(11)10-12)27-20(24-16)19(21)25-17-14(22)5-3-6-15(17)23/h3,5-6,8-10H,2,4,7H2,1H3. The van der Waals surface area contributed by atoms with Gasteiger partial charge in [0.05, 0.1) is 17.7 Å². The van der Waals surface area contributed by atoms with Crippen molar-refractivity contribution in [3.63, 3.8) is 0 Å². The Labute approximate surface area is 164 Å². The molecule has 2 aromatic carbocycles. The second-order valence-electron chi connectivity index (χ2n) is 6.14. The van der Waals surface area contributed by atoms with E-state index in [-0.39, 0.29) is 5.17 Å². The van der Waals surface area contributed by atoms with Crippen LogP contribution in [0.3, 0.4) is 0 Å². The molecule has 3 aromatic rings. The summed E-state index contributed by atoms with van der Waals surface area (Å²) in [7, 11) is 1.63. The summed E-state index contributed by atoms with van der Waals surface area (Å²) in [6.07, 6.45) is 2.73. The Morgan fingerprint density at radius 3 is 2.70 bits per heavy atom. The zero-order valence-electron chi connectivity index (χ0n) is 14.4. The Hall–Kier alpha value is -2.31. The molecule has 0 amide bonds. The van der Waals surface area contributed by atoms with E-state index in [4.69, 9.17) is 16.3 Å². The van der Waals surface area contributed by atoms with Gasteiger partial charge in [-0.3, -0.25) is 0 Å². The maximum atomic E-state index is 13.9. The van der Waals surface area contributed by atoms with Crippen LogP contribution in [-0.2, 0) is 12.8 Å². The predicted octanol–water partition coefficient (Wildman–Crippen LogP) is 5.90. The predicted molar refractivity (Wildman–Crippen MR) is 105 cm³/mol. The lowest BCUT2D eigenvalue weighted by Crippen LogP contribution is -1.94. The van der Waals surface area contributed by atoms with Crippen LogP contribution in [0.1, 0.15) is 22.7 Å². The van der Waals surface area contributed by atoms with Crippen molar-refractivity contribution in [2.45, 2.75) is 19.3 Å². The van der Waals surface area contributed by atoms with Crippen molar-refractivity contribution in [2.75, 3.05) is 7.11 Å². The fraction of sp³-hybridized carbons (Fsp3) is 0.200. The molecule has 1 aliphatic rings. The topological polar surface area (TPSA) is 34.5 Å². The van der Waals surface area contributed by atoms with Gasteiger partial charge in [-0.05, 0) is 49.1 Å². The molecule has 138 valence electrons. The zero-order chi connectivity index (χ0) is 19.0. The summed E-state index contributed by atoms with van der Waals surface area (Å²) in [4.78, 5) is 9.53. The van der Waals surface area contributed by atoms with Crippen molar-refractivity contribution in [3.8, 4) is 16.2 Å². The summed E-state index contributed by atoms with van der Waals surface area (Å²) in [5.74, 6) is -0.757. The minimum Gasteiger partial charge on any atom is -0.497 e. The van der Waals surface area contributed by atoms with E-state index in [1.54, 1.807) is 7.11 Å². The van der Waals surface area contributed by atoms with Crippen LogP contribution >= 0.6 is 22.9 Å². The Kier molecular flexibility index (Phi) is 4.93. The van der Waals surface area contributed by atoms with Gasteiger partial charge in [0.1, 0.15) is 11.4 Å². The summed E-state index contributed by atoms with van der Waals surface area (Å²) < 4.78 is 33.0. The van der Waals surface area contributed by atoms with Gasteiger partial charge in [0, 0.05) is 5.56 Å². The van der Waals surface area contributed by atoms with E-state index < -0.39 is 17.3 Å². The van der Waals surface area contributed by atoms with Gasteiger partial charge in [0.2, 0.25) is 0 Å². The number of benzene rings is 2. The van der Waals surface area contributed by atoms with Crippen LogP contribution < -0.4 is 4.74 Å². The average molecular weight is 405 g/mol. The molecule has 0 N–H and O–H groups in total. The summed E-state index contributed by atoms with van der Waals surface area (Å²) >= 11 is 7.65. The van der Waals surface area contributed by atoms with Crippen LogP contribution in [0, 0.1) is 11.6 Å². The van der Waals surface area contributed by atoms with Gasteiger partial charge in [-0.2, -0.15) is 0 Å². The Balaban J connectivity index is 1.79. The molecule has 1 aliphatic carbocycles. The molecule has 7 heteroatoms. The molecule has 0 saturated carbocycles. The molecule has 0 unspecified atom stereocenters. The van der Waals surface area contributed by atoms with Crippen molar-refractivity contribution < 1.29 is 13.5 Å².